The van der Waals surface area contributed by atoms with Crippen LogP contribution in [-0.2, 0) is 29.1 Å². The lowest BCUT2D eigenvalue weighted by atomic mass is 10.1. The smallest absolute Gasteiger partial charge is 0.249 e. The fourth-order valence-electron chi connectivity index (χ4n) is 3.80. The average molecular weight is 526 g/mol. The molecule has 2 fully saturated rings. The second kappa shape index (κ2) is 11.8. The predicted octanol–water partition coefficient (Wildman–Crippen LogP) is 0.987. The van der Waals surface area contributed by atoms with Crippen molar-refractivity contribution in [1.29, 1.82) is 0 Å². The zero-order valence-electron chi connectivity index (χ0n) is 19.2. The molecular formula is C23H28ClN3O7S. The van der Waals surface area contributed by atoms with Crippen molar-refractivity contribution in [3.8, 4) is 0 Å². The molecule has 1 N–H and O–H groups in total. The molecule has 0 bridgehead atoms. The molecule has 0 spiro atoms. The quantitative estimate of drug-likeness (QED) is 0.259. The summed E-state index contributed by atoms with van der Waals surface area (Å²) < 4.78 is 38.4. The summed E-state index contributed by atoms with van der Waals surface area (Å²) in [6, 6.07) is 3.77. The first-order valence-electron chi connectivity index (χ1n) is 11.0. The molecule has 2 aliphatic heterocycles. The number of carbonyl (C=O) groups is 3. The van der Waals surface area contributed by atoms with E-state index in [-0.39, 0.29) is 36.8 Å². The van der Waals surface area contributed by atoms with E-state index in [1.807, 2.05) is 0 Å². The topological polar surface area (TPSA) is 122 Å². The van der Waals surface area contributed by atoms with Crippen LogP contribution in [0.3, 0.4) is 0 Å². The van der Waals surface area contributed by atoms with Crippen molar-refractivity contribution in [2.24, 2.45) is 0 Å². The van der Waals surface area contributed by atoms with Crippen molar-refractivity contribution in [1.82, 2.24) is 14.5 Å². The van der Waals surface area contributed by atoms with Gasteiger partial charge in [0.2, 0.25) is 21.8 Å². The zero-order valence-corrected chi connectivity index (χ0v) is 20.7. The van der Waals surface area contributed by atoms with Crippen LogP contribution >= 0.6 is 11.6 Å². The van der Waals surface area contributed by atoms with Crippen molar-refractivity contribution in [2.75, 3.05) is 45.2 Å². The van der Waals surface area contributed by atoms with E-state index in [4.69, 9.17) is 21.1 Å². The largest absolute Gasteiger partial charge is 0.492 e. The van der Waals surface area contributed by atoms with E-state index >= 15 is 0 Å². The molecule has 2 aliphatic rings. The lowest BCUT2D eigenvalue weighted by molar-refractivity contribution is -0.148. The molecule has 3 rings (SSSR count). The van der Waals surface area contributed by atoms with E-state index in [0.717, 1.165) is 0 Å². The number of ether oxygens (including phenoxy) is 2. The molecule has 2 amide bonds. The number of benzene rings is 1. The van der Waals surface area contributed by atoms with Crippen LogP contribution in [-0.4, -0.2) is 93.1 Å². The number of carbonyl (C=O) groups excluding carboxylic acids is 3. The fourth-order valence-corrected chi connectivity index (χ4v) is 5.18. The lowest BCUT2D eigenvalue weighted by Crippen LogP contribution is -2.55. The number of Topliss-reactive ketones (excluding diaryl/α,β-unsaturated/α-hetero) is 1. The van der Waals surface area contributed by atoms with E-state index < -0.39 is 39.6 Å². The molecule has 2 heterocycles. The maximum atomic E-state index is 13.2. The van der Waals surface area contributed by atoms with E-state index in [9.17, 15) is 22.8 Å². The molecule has 12 heteroatoms. The van der Waals surface area contributed by atoms with Gasteiger partial charge in [0, 0.05) is 30.2 Å². The Morgan fingerprint density at radius 3 is 2.51 bits per heavy atom. The summed E-state index contributed by atoms with van der Waals surface area (Å²) in [4.78, 5) is 41.6. The first-order chi connectivity index (χ1) is 16.6. The lowest BCUT2D eigenvalue weighted by Gasteiger charge is -2.34. The number of hydrogen-bond donors (Lipinski definition) is 1. The molecule has 0 aliphatic carbocycles. The van der Waals surface area contributed by atoms with Crippen LogP contribution < -0.4 is 4.72 Å². The number of nitrogens with one attached hydrogen (secondary N) is 1. The van der Waals surface area contributed by atoms with Crippen LogP contribution in [0.5, 0.6) is 0 Å². The van der Waals surface area contributed by atoms with Gasteiger partial charge in [-0.15, -0.1) is 0 Å². The summed E-state index contributed by atoms with van der Waals surface area (Å²) in [5.74, 6) is -2.09. The Bertz CT molecular complexity index is 1080. The normalized spacial score (nSPS) is 19.3. The summed E-state index contributed by atoms with van der Waals surface area (Å²) in [6.07, 6.45) is 1.53. The van der Waals surface area contributed by atoms with E-state index in [1.54, 1.807) is 4.90 Å². The first-order valence-corrected chi connectivity index (χ1v) is 13.0. The van der Waals surface area contributed by atoms with Gasteiger partial charge in [0.15, 0.2) is 5.78 Å². The number of ketones is 1. The van der Waals surface area contributed by atoms with Crippen LogP contribution in [0.25, 0.3) is 0 Å². The molecule has 35 heavy (non-hydrogen) atoms. The van der Waals surface area contributed by atoms with Gasteiger partial charge in [0.25, 0.3) is 0 Å². The van der Waals surface area contributed by atoms with Gasteiger partial charge in [-0.3, -0.25) is 14.4 Å². The highest BCUT2D eigenvalue weighted by molar-refractivity contribution is 7.90. The van der Waals surface area contributed by atoms with E-state index in [0.29, 0.717) is 31.3 Å². The number of nitrogens with zero attached hydrogens (tertiary/aromatic N) is 2. The van der Waals surface area contributed by atoms with Crippen molar-refractivity contribution in [3.05, 3.63) is 59.8 Å². The molecule has 0 aromatic heterocycles. The van der Waals surface area contributed by atoms with E-state index in [2.05, 4.69) is 17.9 Å². The first kappa shape index (κ1) is 26.9. The molecule has 0 unspecified atom stereocenters. The number of likely N-dealkylation sites (tertiary alicyclic amines) is 1. The summed E-state index contributed by atoms with van der Waals surface area (Å²) in [5.41, 5.74) is 0.190. The zero-order chi connectivity index (χ0) is 25.6. The number of sulfonamides is 1. The minimum Gasteiger partial charge on any atom is -0.492 e. The third-order valence-electron chi connectivity index (χ3n) is 5.69. The Morgan fingerprint density at radius 1 is 1.23 bits per heavy atom. The van der Waals surface area contributed by atoms with Gasteiger partial charge in [-0.25, -0.2) is 13.1 Å². The molecule has 1 aromatic carbocycles. The summed E-state index contributed by atoms with van der Waals surface area (Å²) in [7, 11) is -4.13. The van der Waals surface area contributed by atoms with Gasteiger partial charge in [-0.05, 0) is 36.8 Å². The standard InChI is InChI=1S/C23H28ClN3O7S/c1-3-16(2)34-14-20(23(30)26-10-12-33-13-11-26)27-9-8-19(22(27)29)25-35(31,32)15-21(28)17-4-6-18(24)7-5-17/h3-7,19-20,25H,1-2,8-15H2/t19-,20-/m0/s1. The van der Waals surface area contributed by atoms with Crippen LogP contribution in [0.15, 0.2) is 49.3 Å². The minimum absolute atomic E-state index is 0.141. The Hall–Kier alpha value is -2.73. The minimum atomic E-state index is -4.13. The third-order valence-corrected chi connectivity index (χ3v) is 7.23. The Balaban J connectivity index is 1.68. The van der Waals surface area contributed by atoms with Crippen LogP contribution in [0.1, 0.15) is 16.8 Å². The van der Waals surface area contributed by atoms with Gasteiger partial charge in [-0.1, -0.05) is 24.8 Å². The average Bonchev–Trinajstić information content (AvgIpc) is 3.18. The van der Waals surface area contributed by atoms with Crippen molar-refractivity contribution in [2.45, 2.75) is 18.5 Å². The van der Waals surface area contributed by atoms with Crippen LogP contribution in [0, 0.1) is 0 Å². The Morgan fingerprint density at radius 2 is 1.89 bits per heavy atom. The second-order valence-corrected chi connectivity index (χ2v) is 10.3. The van der Waals surface area contributed by atoms with Crippen LogP contribution in [0.4, 0.5) is 0 Å². The highest BCUT2D eigenvalue weighted by Gasteiger charge is 2.42. The van der Waals surface area contributed by atoms with Crippen molar-refractivity contribution >= 4 is 39.2 Å². The number of hydrogen-bond acceptors (Lipinski definition) is 7. The molecule has 1 aromatic rings. The van der Waals surface area contributed by atoms with Crippen molar-refractivity contribution in [3.63, 3.8) is 0 Å². The molecule has 0 saturated carbocycles. The number of allylic oxidation sites excluding steroid dienone is 1. The molecule has 2 saturated heterocycles. The van der Waals surface area contributed by atoms with Crippen molar-refractivity contribution < 1.29 is 32.3 Å². The van der Waals surface area contributed by atoms with Crippen LogP contribution in [0.2, 0.25) is 5.02 Å². The number of morpholine rings is 1. The fraction of sp³-hybridized carbons (Fsp3) is 0.435. The Kier molecular flexibility index (Phi) is 9.06. The SMILES string of the molecule is C=CC(=C)OC[C@@H](C(=O)N1CCOCC1)N1CC[C@H](NS(=O)(=O)CC(=O)c2ccc(Cl)cc2)C1=O. The number of halogens is 1. The number of rotatable bonds is 11. The van der Waals surface area contributed by atoms with Gasteiger partial charge in [0.05, 0.1) is 13.2 Å². The van der Waals surface area contributed by atoms with Gasteiger partial charge < -0.3 is 19.3 Å². The maximum absolute atomic E-state index is 13.2. The highest BCUT2D eigenvalue weighted by atomic mass is 35.5. The van der Waals surface area contributed by atoms with Gasteiger partial charge in [-0.2, -0.15) is 0 Å². The Labute approximate surface area is 209 Å². The monoisotopic (exact) mass is 525 g/mol. The molecule has 10 nitrogen and oxygen atoms in total. The molecule has 0 radical (unpaired) electrons. The second-order valence-electron chi connectivity index (χ2n) is 8.11. The predicted molar refractivity (Wildman–Crippen MR) is 129 cm³/mol. The number of amides is 2. The summed E-state index contributed by atoms with van der Waals surface area (Å²) >= 11 is 5.80. The molecule has 2 atom stereocenters. The van der Waals surface area contributed by atoms with Gasteiger partial charge >= 0.3 is 0 Å². The third kappa shape index (κ3) is 7.14. The molecule has 190 valence electrons. The summed E-state index contributed by atoms with van der Waals surface area (Å²) in [6.45, 7) is 8.74. The molecular weight excluding hydrogens is 498 g/mol. The summed E-state index contributed by atoms with van der Waals surface area (Å²) in [5, 5.41) is 0.418. The maximum Gasteiger partial charge on any atom is 0.249 e. The highest BCUT2D eigenvalue weighted by Crippen LogP contribution is 2.19. The van der Waals surface area contributed by atoms with Gasteiger partial charge in [0.1, 0.15) is 30.2 Å². The van der Waals surface area contributed by atoms with E-state index in [1.165, 1.54) is 35.2 Å².